The molecular formula is C8H13O3P. The first-order valence-electron chi connectivity index (χ1n) is 4.16. The van der Waals surface area contributed by atoms with Crippen LogP contribution < -0.4 is 0 Å². The summed E-state index contributed by atoms with van der Waals surface area (Å²) in [5, 5.41) is 0. The SMILES string of the molecule is O=P(O)(O)C#CC1CCCCC1. The first-order valence-corrected chi connectivity index (χ1v) is 5.77. The van der Waals surface area contributed by atoms with Gasteiger partial charge in [0.25, 0.3) is 0 Å². The molecule has 0 amide bonds. The van der Waals surface area contributed by atoms with Crippen LogP contribution in [-0.4, -0.2) is 9.79 Å². The highest BCUT2D eigenvalue weighted by atomic mass is 31.2. The molecule has 0 bridgehead atoms. The maximum Gasteiger partial charge on any atom is 0.400 e. The van der Waals surface area contributed by atoms with Gasteiger partial charge in [-0.1, -0.05) is 25.2 Å². The Morgan fingerprint density at radius 1 is 1.17 bits per heavy atom. The van der Waals surface area contributed by atoms with Gasteiger partial charge in [0.2, 0.25) is 0 Å². The molecule has 0 unspecified atom stereocenters. The predicted octanol–water partition coefficient (Wildman–Crippen LogP) is 1.71. The second-order valence-corrected chi connectivity index (χ2v) is 4.45. The van der Waals surface area contributed by atoms with Crippen LogP contribution in [0.3, 0.4) is 0 Å². The molecule has 2 N–H and O–H groups in total. The third-order valence-corrected chi connectivity index (χ3v) is 2.44. The van der Waals surface area contributed by atoms with E-state index in [4.69, 9.17) is 9.79 Å². The molecule has 12 heavy (non-hydrogen) atoms. The van der Waals surface area contributed by atoms with Crippen LogP contribution in [0.1, 0.15) is 32.1 Å². The third kappa shape index (κ3) is 3.92. The van der Waals surface area contributed by atoms with Crippen molar-refractivity contribution in [2.45, 2.75) is 32.1 Å². The number of hydrogen-bond acceptors (Lipinski definition) is 1. The highest BCUT2D eigenvalue weighted by molar-refractivity contribution is 7.57. The highest BCUT2D eigenvalue weighted by Crippen LogP contribution is 2.33. The van der Waals surface area contributed by atoms with Crippen molar-refractivity contribution in [1.29, 1.82) is 0 Å². The van der Waals surface area contributed by atoms with E-state index >= 15 is 0 Å². The van der Waals surface area contributed by atoms with Gasteiger partial charge in [-0.2, -0.15) is 0 Å². The second kappa shape index (κ2) is 4.09. The van der Waals surface area contributed by atoms with E-state index in [9.17, 15) is 4.57 Å². The fraction of sp³-hybridized carbons (Fsp3) is 0.750. The van der Waals surface area contributed by atoms with E-state index in [-0.39, 0.29) is 5.92 Å². The van der Waals surface area contributed by atoms with Crippen LogP contribution in [0.5, 0.6) is 0 Å². The number of rotatable bonds is 0. The summed E-state index contributed by atoms with van der Waals surface area (Å²) in [6.45, 7) is 0. The molecule has 0 atom stereocenters. The lowest BCUT2D eigenvalue weighted by molar-refractivity contribution is 0.388. The van der Waals surface area contributed by atoms with Crippen molar-refractivity contribution in [3.05, 3.63) is 0 Å². The topological polar surface area (TPSA) is 57.5 Å². The largest absolute Gasteiger partial charge is 0.400 e. The molecular weight excluding hydrogens is 175 g/mol. The van der Waals surface area contributed by atoms with Gasteiger partial charge in [-0.15, -0.1) is 0 Å². The highest BCUT2D eigenvalue weighted by Gasteiger charge is 2.12. The number of hydrogen-bond donors (Lipinski definition) is 2. The summed E-state index contributed by atoms with van der Waals surface area (Å²) in [4.78, 5) is 17.0. The molecule has 1 aliphatic rings. The summed E-state index contributed by atoms with van der Waals surface area (Å²) in [6, 6.07) is 0. The molecule has 0 aliphatic heterocycles. The van der Waals surface area contributed by atoms with Crippen molar-refractivity contribution < 1.29 is 14.4 Å². The lowest BCUT2D eigenvalue weighted by Crippen LogP contribution is -2.02. The molecule has 1 fully saturated rings. The molecule has 4 heteroatoms. The first kappa shape index (κ1) is 9.80. The molecule has 0 aromatic carbocycles. The van der Waals surface area contributed by atoms with Gasteiger partial charge in [0.15, 0.2) is 0 Å². The van der Waals surface area contributed by atoms with Crippen molar-refractivity contribution in [3.8, 4) is 11.6 Å². The second-order valence-electron chi connectivity index (χ2n) is 3.14. The zero-order valence-electron chi connectivity index (χ0n) is 6.86. The summed E-state index contributed by atoms with van der Waals surface area (Å²) in [5.74, 6) is 2.86. The van der Waals surface area contributed by atoms with E-state index in [1.165, 1.54) is 6.42 Å². The minimum absolute atomic E-state index is 0.214. The van der Waals surface area contributed by atoms with Crippen LogP contribution in [0, 0.1) is 17.5 Å². The lowest BCUT2D eigenvalue weighted by atomic mass is 9.90. The van der Waals surface area contributed by atoms with Gasteiger partial charge in [-0.05, 0) is 12.8 Å². The maximum atomic E-state index is 10.4. The van der Waals surface area contributed by atoms with E-state index < -0.39 is 7.60 Å². The standard InChI is InChI=1S/C8H13O3P/c9-12(10,11)7-6-8-4-2-1-3-5-8/h8H,1-5H2,(H2,9,10,11). The average Bonchev–Trinajstić information content (AvgIpc) is 2.02. The van der Waals surface area contributed by atoms with Crippen molar-refractivity contribution >= 4 is 7.60 Å². The Morgan fingerprint density at radius 3 is 2.25 bits per heavy atom. The minimum atomic E-state index is -4.09. The fourth-order valence-electron chi connectivity index (χ4n) is 1.42. The first-order chi connectivity index (χ1) is 5.58. The zero-order chi connectivity index (χ0) is 9.03. The molecule has 0 aromatic rings. The molecule has 68 valence electrons. The average molecular weight is 188 g/mol. The van der Waals surface area contributed by atoms with E-state index in [0.717, 1.165) is 25.7 Å². The van der Waals surface area contributed by atoms with Crippen molar-refractivity contribution in [2.24, 2.45) is 5.92 Å². The Balaban J connectivity index is 2.47. The quantitative estimate of drug-likeness (QED) is 0.449. The van der Waals surface area contributed by atoms with Gasteiger partial charge in [0, 0.05) is 11.6 Å². The van der Waals surface area contributed by atoms with Crippen LogP contribution in [-0.2, 0) is 4.57 Å². The van der Waals surface area contributed by atoms with Crippen molar-refractivity contribution in [2.75, 3.05) is 0 Å². The Bertz CT molecular complexity index is 239. The molecule has 1 saturated carbocycles. The van der Waals surface area contributed by atoms with Gasteiger partial charge < -0.3 is 9.79 Å². The van der Waals surface area contributed by atoms with E-state index in [2.05, 4.69) is 5.92 Å². The van der Waals surface area contributed by atoms with Crippen LogP contribution in [0.15, 0.2) is 0 Å². The monoisotopic (exact) mass is 188 g/mol. The Labute approximate surface area is 72.3 Å². The summed E-state index contributed by atoms with van der Waals surface area (Å²) in [6.07, 6.45) is 5.50. The molecule has 1 rings (SSSR count). The zero-order valence-corrected chi connectivity index (χ0v) is 7.76. The summed E-state index contributed by atoms with van der Waals surface area (Å²) < 4.78 is 10.4. The van der Waals surface area contributed by atoms with Crippen LogP contribution >= 0.6 is 7.60 Å². The van der Waals surface area contributed by atoms with Gasteiger partial charge in [0.05, 0.1) is 0 Å². The third-order valence-electron chi connectivity index (χ3n) is 2.02. The maximum absolute atomic E-state index is 10.4. The van der Waals surface area contributed by atoms with Gasteiger partial charge in [-0.25, -0.2) is 4.57 Å². The van der Waals surface area contributed by atoms with E-state index in [1.54, 1.807) is 0 Å². The summed E-state index contributed by atoms with van der Waals surface area (Å²) in [7, 11) is -4.09. The fourth-order valence-corrected chi connectivity index (χ4v) is 1.77. The van der Waals surface area contributed by atoms with Crippen molar-refractivity contribution in [1.82, 2.24) is 0 Å². The predicted molar refractivity (Wildman–Crippen MR) is 46.4 cm³/mol. The summed E-state index contributed by atoms with van der Waals surface area (Å²) in [5.41, 5.74) is 2.01. The summed E-state index contributed by atoms with van der Waals surface area (Å²) >= 11 is 0. The molecule has 3 nitrogen and oxygen atoms in total. The molecule has 0 spiro atoms. The van der Waals surface area contributed by atoms with E-state index in [1.807, 2.05) is 5.66 Å². The van der Waals surface area contributed by atoms with Crippen LogP contribution in [0.4, 0.5) is 0 Å². The molecule has 0 aromatic heterocycles. The lowest BCUT2D eigenvalue weighted by Gasteiger charge is -2.15. The van der Waals surface area contributed by atoms with Gasteiger partial charge >= 0.3 is 7.60 Å². The smallest absolute Gasteiger partial charge is 0.315 e. The Morgan fingerprint density at radius 2 is 1.75 bits per heavy atom. The van der Waals surface area contributed by atoms with Crippen LogP contribution in [0.25, 0.3) is 0 Å². The van der Waals surface area contributed by atoms with Crippen molar-refractivity contribution in [3.63, 3.8) is 0 Å². The molecule has 0 saturated heterocycles. The Kier molecular flexibility index (Phi) is 3.34. The van der Waals surface area contributed by atoms with Gasteiger partial charge in [0.1, 0.15) is 0 Å². The molecule has 1 aliphatic carbocycles. The van der Waals surface area contributed by atoms with E-state index in [0.29, 0.717) is 0 Å². The van der Waals surface area contributed by atoms with Crippen LogP contribution in [0.2, 0.25) is 0 Å². The van der Waals surface area contributed by atoms with Gasteiger partial charge in [-0.3, -0.25) is 0 Å². The minimum Gasteiger partial charge on any atom is -0.315 e. The molecule has 0 radical (unpaired) electrons. The Hall–Kier alpha value is -0.290. The normalized spacial score (nSPS) is 19.8. The molecule has 0 heterocycles.